The predicted molar refractivity (Wildman–Crippen MR) is 88.4 cm³/mol. The third kappa shape index (κ3) is 3.60. The highest BCUT2D eigenvalue weighted by atomic mass is 16.3. The van der Waals surface area contributed by atoms with Crippen LogP contribution in [0.5, 0.6) is 0 Å². The quantitative estimate of drug-likeness (QED) is 0.845. The number of hydrogen-bond acceptors (Lipinski definition) is 4. The topological polar surface area (TPSA) is 76.6 Å². The number of aromatic nitrogens is 1. The Morgan fingerprint density at radius 1 is 1.17 bits per heavy atom. The van der Waals surface area contributed by atoms with Crippen LogP contribution in [-0.2, 0) is 11.2 Å². The second-order valence-corrected chi connectivity index (χ2v) is 5.83. The number of carbonyl (C=O) groups is 1. The number of nitrogens with zero attached hydrogens (tertiary/aromatic N) is 2. The first-order chi connectivity index (χ1) is 11.2. The number of rotatable bonds is 4. The van der Waals surface area contributed by atoms with Gasteiger partial charge in [-0.25, -0.2) is 0 Å². The Kier molecular flexibility index (Phi) is 4.73. The van der Waals surface area contributed by atoms with Gasteiger partial charge in [-0.05, 0) is 17.5 Å². The summed E-state index contributed by atoms with van der Waals surface area (Å²) < 4.78 is 0. The minimum atomic E-state index is -0.198. The van der Waals surface area contributed by atoms with Crippen molar-refractivity contribution in [3.8, 4) is 0 Å². The smallest absolute Gasteiger partial charge is 0.252 e. The van der Waals surface area contributed by atoms with Gasteiger partial charge in [0.2, 0.25) is 5.91 Å². The van der Waals surface area contributed by atoms with Crippen molar-refractivity contribution in [2.75, 3.05) is 39.3 Å². The lowest BCUT2D eigenvalue weighted by Gasteiger charge is -2.34. The molecule has 3 rings (SSSR count). The Hall–Kier alpha value is -2.18. The number of piperazine rings is 1. The van der Waals surface area contributed by atoms with Crippen molar-refractivity contribution < 1.29 is 9.90 Å². The number of benzene rings is 1. The van der Waals surface area contributed by atoms with Crippen LogP contribution in [0.25, 0.3) is 10.9 Å². The van der Waals surface area contributed by atoms with Crippen LogP contribution in [0.3, 0.4) is 0 Å². The van der Waals surface area contributed by atoms with Gasteiger partial charge >= 0.3 is 0 Å². The summed E-state index contributed by atoms with van der Waals surface area (Å²) in [4.78, 5) is 31.3. The number of para-hydroxylation sites is 1. The van der Waals surface area contributed by atoms with E-state index in [1.165, 1.54) is 0 Å². The molecule has 0 radical (unpaired) electrons. The Morgan fingerprint density at radius 2 is 1.91 bits per heavy atom. The maximum absolute atomic E-state index is 12.4. The molecule has 0 aliphatic carbocycles. The van der Waals surface area contributed by atoms with Crippen LogP contribution in [0.4, 0.5) is 0 Å². The summed E-state index contributed by atoms with van der Waals surface area (Å²) in [5.74, 6) is -0.0190. The number of β-amino-alcohol motifs (C(OH)–C–C–N with tert-alkyl or cyclic N) is 1. The molecule has 1 fully saturated rings. The van der Waals surface area contributed by atoms with Gasteiger partial charge in [-0.15, -0.1) is 0 Å². The number of aliphatic hydroxyl groups is 1. The highest BCUT2D eigenvalue weighted by Gasteiger charge is 2.21. The van der Waals surface area contributed by atoms with E-state index in [1.807, 2.05) is 24.3 Å². The molecule has 2 heterocycles. The van der Waals surface area contributed by atoms with Gasteiger partial charge in [-0.2, -0.15) is 0 Å². The van der Waals surface area contributed by atoms with Gasteiger partial charge in [0.1, 0.15) is 0 Å². The summed E-state index contributed by atoms with van der Waals surface area (Å²) in [6.07, 6.45) is 0.125. The number of fused-ring (bicyclic) bond motifs is 1. The number of nitrogens with one attached hydrogen (secondary N) is 1. The molecular weight excluding hydrogens is 294 g/mol. The van der Waals surface area contributed by atoms with Crippen molar-refractivity contribution in [3.63, 3.8) is 0 Å². The number of pyridine rings is 1. The van der Waals surface area contributed by atoms with Crippen LogP contribution in [0.2, 0.25) is 0 Å². The van der Waals surface area contributed by atoms with Crippen molar-refractivity contribution in [3.05, 3.63) is 46.2 Å². The van der Waals surface area contributed by atoms with Crippen molar-refractivity contribution in [2.45, 2.75) is 6.42 Å². The molecule has 23 heavy (non-hydrogen) atoms. The summed E-state index contributed by atoms with van der Waals surface area (Å²) in [7, 11) is 0. The molecular formula is C17H21N3O3. The minimum Gasteiger partial charge on any atom is -0.395 e. The fourth-order valence-electron chi connectivity index (χ4n) is 2.96. The Morgan fingerprint density at radius 3 is 2.65 bits per heavy atom. The normalized spacial score (nSPS) is 16.0. The summed E-state index contributed by atoms with van der Waals surface area (Å²) in [5, 5.41) is 9.88. The maximum atomic E-state index is 12.4. The number of carbonyl (C=O) groups excluding carboxylic acids is 1. The first-order valence-corrected chi connectivity index (χ1v) is 7.89. The largest absolute Gasteiger partial charge is 0.395 e. The lowest BCUT2D eigenvalue weighted by atomic mass is 10.1. The van der Waals surface area contributed by atoms with Crippen LogP contribution in [0.1, 0.15) is 5.56 Å². The first kappa shape index (κ1) is 15.7. The van der Waals surface area contributed by atoms with E-state index >= 15 is 0 Å². The van der Waals surface area contributed by atoms with Crippen molar-refractivity contribution >= 4 is 16.8 Å². The van der Waals surface area contributed by atoms with E-state index in [1.54, 1.807) is 11.0 Å². The van der Waals surface area contributed by atoms with E-state index in [-0.39, 0.29) is 24.5 Å². The molecule has 1 amide bonds. The van der Waals surface area contributed by atoms with Gasteiger partial charge < -0.3 is 15.0 Å². The third-order valence-electron chi connectivity index (χ3n) is 4.31. The second-order valence-electron chi connectivity index (χ2n) is 5.83. The molecule has 0 atom stereocenters. The monoisotopic (exact) mass is 315 g/mol. The van der Waals surface area contributed by atoms with Gasteiger partial charge in [0, 0.05) is 43.8 Å². The lowest BCUT2D eigenvalue weighted by Crippen LogP contribution is -2.49. The zero-order valence-corrected chi connectivity index (χ0v) is 13.0. The fraction of sp³-hybridized carbons (Fsp3) is 0.412. The number of aliphatic hydroxyl groups excluding tert-OH is 1. The minimum absolute atomic E-state index is 0.0190. The van der Waals surface area contributed by atoms with E-state index in [0.717, 1.165) is 24.0 Å². The highest BCUT2D eigenvalue weighted by molar-refractivity contribution is 5.82. The van der Waals surface area contributed by atoms with E-state index in [9.17, 15) is 9.59 Å². The molecule has 0 saturated carbocycles. The molecule has 122 valence electrons. The number of H-pyrrole nitrogens is 1. The molecule has 1 saturated heterocycles. The molecule has 1 aromatic heterocycles. The molecule has 6 heteroatoms. The molecule has 0 unspecified atom stereocenters. The molecule has 6 nitrogen and oxygen atoms in total. The highest BCUT2D eigenvalue weighted by Crippen LogP contribution is 2.11. The molecule has 2 N–H and O–H groups in total. The number of amides is 1. The van der Waals surface area contributed by atoms with E-state index in [2.05, 4.69) is 9.88 Å². The Labute approximate surface area is 134 Å². The van der Waals surface area contributed by atoms with Crippen LogP contribution < -0.4 is 5.56 Å². The first-order valence-electron chi connectivity index (χ1n) is 7.89. The number of aromatic amines is 1. The predicted octanol–water partition coefficient (Wildman–Crippen LogP) is 0.207. The van der Waals surface area contributed by atoms with Crippen molar-refractivity contribution in [1.82, 2.24) is 14.8 Å². The fourth-order valence-corrected chi connectivity index (χ4v) is 2.96. The van der Waals surface area contributed by atoms with E-state index in [0.29, 0.717) is 25.2 Å². The van der Waals surface area contributed by atoms with E-state index < -0.39 is 0 Å². The summed E-state index contributed by atoms with van der Waals surface area (Å²) in [5.41, 5.74) is 1.09. The SMILES string of the molecule is O=C(Cc1cc2ccccc2[nH]c1=O)N1CCN(CCO)CC1. The Bertz CT molecular complexity index is 748. The molecule has 1 aromatic carbocycles. The van der Waals surface area contributed by atoms with Crippen LogP contribution in [-0.4, -0.2) is 65.1 Å². The molecule has 0 spiro atoms. The van der Waals surface area contributed by atoms with Crippen LogP contribution >= 0.6 is 0 Å². The van der Waals surface area contributed by atoms with Gasteiger partial charge in [-0.3, -0.25) is 14.5 Å². The van der Waals surface area contributed by atoms with Crippen LogP contribution in [0, 0.1) is 0 Å². The zero-order valence-electron chi connectivity index (χ0n) is 13.0. The second kappa shape index (κ2) is 6.93. The summed E-state index contributed by atoms with van der Waals surface area (Å²) in [6.45, 7) is 3.60. The van der Waals surface area contributed by atoms with Gasteiger partial charge in [0.25, 0.3) is 5.56 Å². The molecule has 1 aliphatic rings. The third-order valence-corrected chi connectivity index (χ3v) is 4.31. The molecule has 2 aromatic rings. The standard InChI is InChI=1S/C17H21N3O3/c21-10-9-19-5-7-20(8-6-19)16(22)12-14-11-13-3-1-2-4-15(13)18-17(14)23/h1-4,11,21H,5-10,12H2,(H,18,23). The van der Waals surface area contributed by atoms with Crippen molar-refractivity contribution in [1.29, 1.82) is 0 Å². The summed E-state index contributed by atoms with van der Waals surface area (Å²) >= 11 is 0. The maximum Gasteiger partial charge on any atom is 0.252 e. The average Bonchev–Trinajstić information content (AvgIpc) is 2.56. The molecule has 0 bridgehead atoms. The van der Waals surface area contributed by atoms with Gasteiger partial charge in [-0.1, -0.05) is 18.2 Å². The van der Waals surface area contributed by atoms with Gasteiger partial charge in [0.15, 0.2) is 0 Å². The molecule has 1 aliphatic heterocycles. The number of hydrogen-bond donors (Lipinski definition) is 2. The van der Waals surface area contributed by atoms with E-state index in [4.69, 9.17) is 5.11 Å². The Balaban J connectivity index is 1.69. The van der Waals surface area contributed by atoms with Gasteiger partial charge in [0.05, 0.1) is 13.0 Å². The zero-order chi connectivity index (χ0) is 16.2. The lowest BCUT2D eigenvalue weighted by molar-refractivity contribution is -0.132. The van der Waals surface area contributed by atoms with Crippen LogP contribution in [0.15, 0.2) is 35.1 Å². The summed E-state index contributed by atoms with van der Waals surface area (Å²) in [6, 6.07) is 9.35. The average molecular weight is 315 g/mol. The van der Waals surface area contributed by atoms with Crippen molar-refractivity contribution in [2.24, 2.45) is 0 Å².